The highest BCUT2D eigenvalue weighted by Gasteiger charge is 2.20. The highest BCUT2D eigenvalue weighted by Crippen LogP contribution is 2.22. The lowest BCUT2D eigenvalue weighted by atomic mass is 9.92. The Kier molecular flexibility index (Phi) is 5.76. The van der Waals surface area contributed by atoms with Crippen molar-refractivity contribution in [3.05, 3.63) is 35.4 Å². The normalized spacial score (nSPS) is 12.6. The third-order valence-corrected chi connectivity index (χ3v) is 2.94. The summed E-state index contributed by atoms with van der Waals surface area (Å²) >= 11 is 0. The lowest BCUT2D eigenvalue weighted by Gasteiger charge is -2.22. The predicted molar refractivity (Wildman–Crippen MR) is 80.4 cm³/mol. The van der Waals surface area contributed by atoms with Gasteiger partial charge in [-0.2, -0.15) is 0 Å². The molecule has 0 bridgehead atoms. The average Bonchev–Trinajstić information content (AvgIpc) is 2.32. The second-order valence-corrected chi connectivity index (χ2v) is 6.03. The molecule has 1 amide bonds. The van der Waals surface area contributed by atoms with Crippen LogP contribution in [0.25, 0.3) is 0 Å². The maximum absolute atomic E-state index is 11.7. The fourth-order valence-corrected chi connectivity index (χ4v) is 2.07. The summed E-state index contributed by atoms with van der Waals surface area (Å²) in [5, 5.41) is 11.7. The van der Waals surface area contributed by atoms with Crippen molar-refractivity contribution in [2.75, 3.05) is 6.54 Å². The summed E-state index contributed by atoms with van der Waals surface area (Å²) in [6.07, 6.45) is -0.577. The van der Waals surface area contributed by atoms with Crippen molar-refractivity contribution in [1.29, 1.82) is 0 Å². The van der Waals surface area contributed by atoms with Crippen LogP contribution in [0.15, 0.2) is 24.3 Å². The summed E-state index contributed by atoms with van der Waals surface area (Å²) in [4.78, 5) is 22.7. The number of aliphatic carboxylic acids is 1. The lowest BCUT2D eigenvalue weighted by Crippen LogP contribution is -2.35. The van der Waals surface area contributed by atoms with Crippen LogP contribution in [0.2, 0.25) is 0 Å². The first-order valence-corrected chi connectivity index (χ1v) is 6.93. The van der Waals surface area contributed by atoms with Gasteiger partial charge in [-0.05, 0) is 38.8 Å². The lowest BCUT2D eigenvalue weighted by molar-refractivity contribution is -0.137. The Hall–Kier alpha value is -2.04. The molecule has 0 spiro atoms. The van der Waals surface area contributed by atoms with Crippen molar-refractivity contribution in [3.63, 3.8) is 0 Å². The number of benzene rings is 1. The van der Waals surface area contributed by atoms with Crippen LogP contribution in [-0.2, 0) is 9.53 Å². The summed E-state index contributed by atoms with van der Waals surface area (Å²) in [6.45, 7) is 7.50. The molecule has 0 aromatic heterocycles. The van der Waals surface area contributed by atoms with Crippen molar-refractivity contribution in [1.82, 2.24) is 5.32 Å². The van der Waals surface area contributed by atoms with E-state index in [1.165, 1.54) is 0 Å². The van der Waals surface area contributed by atoms with Crippen molar-refractivity contribution in [2.45, 2.75) is 45.6 Å². The molecule has 1 atom stereocenters. The zero-order valence-corrected chi connectivity index (χ0v) is 13.0. The van der Waals surface area contributed by atoms with Gasteiger partial charge in [0.25, 0.3) is 0 Å². The first-order valence-electron chi connectivity index (χ1n) is 6.93. The molecule has 0 saturated carbocycles. The zero-order chi connectivity index (χ0) is 16.0. The molecule has 0 fully saturated rings. The smallest absolute Gasteiger partial charge is 0.407 e. The number of aryl methyl sites for hydroxylation is 1. The van der Waals surface area contributed by atoms with Gasteiger partial charge in [0.1, 0.15) is 5.60 Å². The van der Waals surface area contributed by atoms with Crippen LogP contribution >= 0.6 is 0 Å². The number of ether oxygens (including phenoxy) is 1. The van der Waals surface area contributed by atoms with E-state index in [1.807, 2.05) is 31.2 Å². The highest BCUT2D eigenvalue weighted by atomic mass is 16.6. The van der Waals surface area contributed by atoms with E-state index >= 15 is 0 Å². The Bertz CT molecular complexity index is 505. The Balaban J connectivity index is 2.74. The van der Waals surface area contributed by atoms with Gasteiger partial charge in [-0.3, -0.25) is 4.79 Å². The monoisotopic (exact) mass is 293 g/mol. The van der Waals surface area contributed by atoms with Crippen LogP contribution in [0, 0.1) is 6.92 Å². The number of carbonyl (C=O) groups is 2. The van der Waals surface area contributed by atoms with Gasteiger partial charge in [0, 0.05) is 12.5 Å². The maximum Gasteiger partial charge on any atom is 0.407 e. The number of hydrogen-bond donors (Lipinski definition) is 2. The number of amides is 1. The first kappa shape index (κ1) is 17.0. The predicted octanol–water partition coefficient (Wildman–Crippen LogP) is 3.08. The van der Waals surface area contributed by atoms with Crippen molar-refractivity contribution < 1.29 is 19.4 Å². The van der Waals surface area contributed by atoms with Gasteiger partial charge >= 0.3 is 12.1 Å². The molecule has 0 radical (unpaired) electrons. The molecule has 0 heterocycles. The molecule has 5 heteroatoms. The molecule has 0 aliphatic heterocycles. The molecular formula is C16H23NO4. The Morgan fingerprint density at radius 2 is 1.90 bits per heavy atom. The van der Waals surface area contributed by atoms with Crippen LogP contribution in [0.1, 0.15) is 44.2 Å². The Labute approximate surface area is 125 Å². The van der Waals surface area contributed by atoms with E-state index in [9.17, 15) is 9.59 Å². The summed E-state index contributed by atoms with van der Waals surface area (Å²) in [5.41, 5.74) is 1.36. The standard InChI is InChI=1S/C16H23NO4/c1-11-7-5-6-8-13(11)12(9-14(18)19)10-17-15(20)21-16(2,3)4/h5-8,12H,9-10H2,1-4H3,(H,17,20)(H,18,19). The second kappa shape index (κ2) is 7.11. The quantitative estimate of drug-likeness (QED) is 0.874. The molecule has 0 aliphatic carbocycles. The fraction of sp³-hybridized carbons (Fsp3) is 0.500. The fourth-order valence-electron chi connectivity index (χ4n) is 2.07. The van der Waals surface area contributed by atoms with E-state index in [4.69, 9.17) is 9.84 Å². The molecule has 1 aromatic rings. The van der Waals surface area contributed by atoms with Gasteiger partial charge in [-0.15, -0.1) is 0 Å². The largest absolute Gasteiger partial charge is 0.481 e. The average molecular weight is 293 g/mol. The van der Waals surface area contributed by atoms with Crippen LogP contribution in [-0.4, -0.2) is 29.3 Å². The highest BCUT2D eigenvalue weighted by molar-refractivity contribution is 5.70. The van der Waals surface area contributed by atoms with Crippen LogP contribution in [0.3, 0.4) is 0 Å². The van der Waals surface area contributed by atoms with E-state index in [0.29, 0.717) is 0 Å². The summed E-state index contributed by atoms with van der Waals surface area (Å²) < 4.78 is 5.16. The third kappa shape index (κ3) is 6.29. The van der Waals surface area contributed by atoms with Crippen molar-refractivity contribution in [3.8, 4) is 0 Å². The number of alkyl carbamates (subject to hydrolysis) is 1. The topological polar surface area (TPSA) is 75.6 Å². The minimum absolute atomic E-state index is 0.0410. The Morgan fingerprint density at radius 1 is 1.29 bits per heavy atom. The molecular weight excluding hydrogens is 270 g/mol. The number of nitrogens with one attached hydrogen (secondary N) is 1. The number of carboxylic acid groups (broad SMARTS) is 1. The van der Waals surface area contributed by atoms with Crippen LogP contribution in [0.5, 0.6) is 0 Å². The first-order chi connectivity index (χ1) is 9.69. The summed E-state index contributed by atoms with van der Waals surface area (Å²) in [7, 11) is 0. The van der Waals surface area contributed by atoms with Crippen LogP contribution in [0.4, 0.5) is 4.79 Å². The molecule has 1 unspecified atom stereocenters. The van der Waals surface area contributed by atoms with Gasteiger partial charge < -0.3 is 15.2 Å². The van der Waals surface area contributed by atoms with Gasteiger partial charge in [-0.1, -0.05) is 24.3 Å². The molecule has 0 saturated heterocycles. The Morgan fingerprint density at radius 3 is 2.43 bits per heavy atom. The van der Waals surface area contributed by atoms with E-state index in [1.54, 1.807) is 20.8 Å². The summed E-state index contributed by atoms with van der Waals surface area (Å²) in [6, 6.07) is 7.58. The van der Waals surface area contributed by atoms with Gasteiger partial charge in [0.15, 0.2) is 0 Å². The molecule has 21 heavy (non-hydrogen) atoms. The van der Waals surface area contributed by atoms with Gasteiger partial charge in [0.2, 0.25) is 0 Å². The number of hydrogen-bond acceptors (Lipinski definition) is 3. The molecule has 1 aromatic carbocycles. The van der Waals surface area contributed by atoms with E-state index < -0.39 is 17.7 Å². The van der Waals surface area contributed by atoms with E-state index in [0.717, 1.165) is 11.1 Å². The number of rotatable bonds is 5. The second-order valence-electron chi connectivity index (χ2n) is 6.03. The van der Waals surface area contributed by atoms with Gasteiger partial charge in [-0.25, -0.2) is 4.79 Å². The maximum atomic E-state index is 11.7. The van der Waals surface area contributed by atoms with E-state index in [2.05, 4.69) is 5.32 Å². The van der Waals surface area contributed by atoms with E-state index in [-0.39, 0.29) is 18.9 Å². The number of carboxylic acids is 1. The molecule has 2 N–H and O–H groups in total. The zero-order valence-electron chi connectivity index (χ0n) is 13.0. The minimum Gasteiger partial charge on any atom is -0.481 e. The van der Waals surface area contributed by atoms with Gasteiger partial charge in [0.05, 0.1) is 6.42 Å². The summed E-state index contributed by atoms with van der Waals surface area (Å²) in [5.74, 6) is -1.18. The number of carbonyl (C=O) groups excluding carboxylic acids is 1. The third-order valence-electron chi connectivity index (χ3n) is 2.94. The molecule has 116 valence electrons. The molecule has 1 rings (SSSR count). The van der Waals surface area contributed by atoms with Crippen molar-refractivity contribution in [2.24, 2.45) is 0 Å². The molecule has 5 nitrogen and oxygen atoms in total. The minimum atomic E-state index is -0.894. The molecule has 0 aliphatic rings. The van der Waals surface area contributed by atoms with Crippen LogP contribution < -0.4 is 5.32 Å². The van der Waals surface area contributed by atoms with Crippen molar-refractivity contribution >= 4 is 12.1 Å². The SMILES string of the molecule is Cc1ccccc1C(CNC(=O)OC(C)(C)C)CC(=O)O.